The first kappa shape index (κ1) is 18.1. The molecule has 1 N–H and O–H groups in total. The second-order valence-corrected chi connectivity index (χ2v) is 8.36. The molecule has 4 aromatic rings. The largest absolute Gasteiger partial charge is 0.448 e. The van der Waals surface area contributed by atoms with Crippen LogP contribution < -0.4 is 10.9 Å². The number of para-hydroxylation sites is 1. The Hall–Kier alpha value is -2.93. The lowest BCUT2D eigenvalue weighted by molar-refractivity contribution is -0.125. The van der Waals surface area contributed by atoms with E-state index in [1.165, 1.54) is 10.9 Å². The van der Waals surface area contributed by atoms with Gasteiger partial charge in [0.2, 0.25) is 11.5 Å². The molecule has 146 valence electrons. The first-order valence-electron chi connectivity index (χ1n) is 9.49. The van der Waals surface area contributed by atoms with Crippen molar-refractivity contribution in [2.24, 2.45) is 0 Å². The van der Waals surface area contributed by atoms with Gasteiger partial charge in [0.1, 0.15) is 17.6 Å². The zero-order valence-electron chi connectivity index (χ0n) is 15.5. The molecular weight excluding hydrogens is 434 g/mol. The molecular formula is C22H18BrN3O3. The predicted octanol–water partition coefficient (Wildman–Crippen LogP) is 4.10. The zero-order valence-corrected chi connectivity index (χ0v) is 17.1. The summed E-state index contributed by atoms with van der Waals surface area (Å²) in [5.74, 6) is -0.218. The monoisotopic (exact) mass is 451 g/mol. The Kier molecular flexibility index (Phi) is 4.28. The molecule has 6 nitrogen and oxygen atoms in total. The summed E-state index contributed by atoms with van der Waals surface area (Å²) >= 11 is 3.50. The second kappa shape index (κ2) is 6.84. The number of aromatic nitrogens is 2. The smallest absolute Gasteiger partial charge is 0.297 e. The predicted molar refractivity (Wildman–Crippen MR) is 114 cm³/mol. The van der Waals surface area contributed by atoms with Gasteiger partial charge in [-0.1, -0.05) is 40.2 Å². The number of furan rings is 1. The van der Waals surface area contributed by atoms with Crippen LogP contribution in [0.1, 0.15) is 24.8 Å². The number of benzene rings is 2. The molecule has 2 aromatic carbocycles. The number of carbonyl (C=O) groups excluding carboxylic acids is 1. The number of hydrogen-bond donors (Lipinski definition) is 1. The first-order chi connectivity index (χ1) is 14.1. The molecule has 0 atom stereocenters. The van der Waals surface area contributed by atoms with Crippen LogP contribution in [0.25, 0.3) is 22.1 Å². The minimum Gasteiger partial charge on any atom is -0.448 e. The fourth-order valence-electron chi connectivity index (χ4n) is 3.99. The van der Waals surface area contributed by atoms with Crippen LogP contribution in [0.4, 0.5) is 0 Å². The van der Waals surface area contributed by atoms with Crippen LogP contribution in [-0.4, -0.2) is 15.5 Å². The Morgan fingerprint density at radius 2 is 2.03 bits per heavy atom. The molecule has 1 saturated carbocycles. The number of rotatable bonds is 4. The standard InChI is InChI=1S/C22H18BrN3O3/c23-15-6-3-5-14(11-15)22(9-4-10-22)25-18(27)12-26-13-24-19-16-7-1-2-8-17(16)29-20(19)21(26)28/h1-3,5-8,11,13H,4,9-10,12H2,(H,25,27). The summed E-state index contributed by atoms with van der Waals surface area (Å²) in [5, 5.41) is 3.94. The quantitative estimate of drug-likeness (QED) is 0.506. The van der Waals surface area contributed by atoms with Crippen molar-refractivity contribution < 1.29 is 9.21 Å². The third-order valence-electron chi connectivity index (χ3n) is 5.63. The lowest BCUT2D eigenvalue weighted by Crippen LogP contribution is -2.52. The number of amides is 1. The number of fused-ring (bicyclic) bond motifs is 3. The average molecular weight is 452 g/mol. The van der Waals surface area contributed by atoms with Crippen LogP contribution in [0.2, 0.25) is 0 Å². The highest BCUT2D eigenvalue weighted by molar-refractivity contribution is 9.10. The van der Waals surface area contributed by atoms with E-state index in [0.717, 1.165) is 34.7 Å². The Labute approximate surface area is 174 Å². The molecule has 0 spiro atoms. The molecule has 2 heterocycles. The van der Waals surface area contributed by atoms with E-state index < -0.39 is 0 Å². The maximum Gasteiger partial charge on any atom is 0.297 e. The van der Waals surface area contributed by atoms with Gasteiger partial charge in [-0.2, -0.15) is 0 Å². The van der Waals surface area contributed by atoms with E-state index in [0.29, 0.717) is 11.1 Å². The Morgan fingerprint density at radius 1 is 1.21 bits per heavy atom. The number of nitrogens with zero attached hydrogens (tertiary/aromatic N) is 2. The highest BCUT2D eigenvalue weighted by Gasteiger charge is 2.40. The molecule has 1 aliphatic carbocycles. The van der Waals surface area contributed by atoms with Crippen molar-refractivity contribution in [1.29, 1.82) is 0 Å². The lowest BCUT2D eigenvalue weighted by atomic mass is 9.72. The van der Waals surface area contributed by atoms with Crippen molar-refractivity contribution in [3.63, 3.8) is 0 Å². The van der Waals surface area contributed by atoms with Gasteiger partial charge >= 0.3 is 0 Å². The van der Waals surface area contributed by atoms with Crippen molar-refractivity contribution in [1.82, 2.24) is 14.9 Å². The molecule has 0 saturated heterocycles. The van der Waals surface area contributed by atoms with Crippen LogP contribution in [0.15, 0.2) is 68.5 Å². The third kappa shape index (κ3) is 3.06. The lowest BCUT2D eigenvalue weighted by Gasteiger charge is -2.43. The average Bonchev–Trinajstić information content (AvgIpc) is 3.06. The van der Waals surface area contributed by atoms with Gasteiger partial charge < -0.3 is 9.73 Å². The van der Waals surface area contributed by atoms with Gasteiger partial charge in [0.25, 0.3) is 5.56 Å². The normalized spacial score (nSPS) is 15.3. The number of halogens is 1. The van der Waals surface area contributed by atoms with E-state index in [9.17, 15) is 9.59 Å². The van der Waals surface area contributed by atoms with Crippen LogP contribution in [0, 0.1) is 0 Å². The molecule has 1 fully saturated rings. The molecule has 7 heteroatoms. The van der Waals surface area contributed by atoms with E-state index in [-0.39, 0.29) is 29.1 Å². The van der Waals surface area contributed by atoms with Gasteiger partial charge in [0, 0.05) is 9.86 Å². The highest BCUT2D eigenvalue weighted by Crippen LogP contribution is 2.41. The van der Waals surface area contributed by atoms with Crippen molar-refractivity contribution in [3.05, 3.63) is 75.2 Å². The van der Waals surface area contributed by atoms with Crippen LogP contribution in [-0.2, 0) is 16.9 Å². The van der Waals surface area contributed by atoms with Gasteiger partial charge in [0.15, 0.2) is 0 Å². The fraction of sp³-hybridized carbons (Fsp3) is 0.227. The summed E-state index contributed by atoms with van der Waals surface area (Å²) < 4.78 is 7.97. The molecule has 5 rings (SSSR count). The maximum absolute atomic E-state index is 12.8. The molecule has 29 heavy (non-hydrogen) atoms. The minimum absolute atomic E-state index is 0.103. The second-order valence-electron chi connectivity index (χ2n) is 7.45. The van der Waals surface area contributed by atoms with E-state index in [4.69, 9.17) is 4.42 Å². The van der Waals surface area contributed by atoms with Gasteiger partial charge in [0.05, 0.1) is 11.9 Å². The van der Waals surface area contributed by atoms with Crippen LogP contribution >= 0.6 is 15.9 Å². The van der Waals surface area contributed by atoms with E-state index in [1.807, 2.05) is 42.5 Å². The Bertz CT molecular complexity index is 1300. The van der Waals surface area contributed by atoms with E-state index >= 15 is 0 Å². The van der Waals surface area contributed by atoms with Crippen molar-refractivity contribution in [3.8, 4) is 0 Å². The SMILES string of the molecule is O=C(Cn1cnc2c(oc3ccccc32)c1=O)NC1(c2cccc(Br)c2)CCC1. The molecule has 2 aromatic heterocycles. The molecule has 0 radical (unpaired) electrons. The number of carbonyl (C=O) groups is 1. The molecule has 0 bridgehead atoms. The fourth-order valence-corrected chi connectivity index (χ4v) is 4.39. The maximum atomic E-state index is 12.8. The molecule has 0 aliphatic heterocycles. The van der Waals surface area contributed by atoms with Gasteiger partial charge in [-0.25, -0.2) is 4.98 Å². The van der Waals surface area contributed by atoms with Crippen molar-refractivity contribution >= 4 is 43.9 Å². The molecule has 1 aliphatic rings. The summed E-state index contributed by atoms with van der Waals surface area (Å²) in [5.41, 5.74) is 1.65. The van der Waals surface area contributed by atoms with Gasteiger partial charge in [-0.3, -0.25) is 14.2 Å². The summed E-state index contributed by atoms with van der Waals surface area (Å²) in [6.07, 6.45) is 4.23. The van der Waals surface area contributed by atoms with Crippen molar-refractivity contribution in [2.45, 2.75) is 31.3 Å². The Balaban J connectivity index is 1.43. The third-order valence-corrected chi connectivity index (χ3v) is 6.12. The zero-order chi connectivity index (χ0) is 20.0. The number of hydrogen-bond acceptors (Lipinski definition) is 4. The molecule has 1 amide bonds. The summed E-state index contributed by atoms with van der Waals surface area (Å²) in [4.78, 5) is 30.0. The minimum atomic E-state index is -0.374. The summed E-state index contributed by atoms with van der Waals surface area (Å²) in [7, 11) is 0. The Morgan fingerprint density at radius 3 is 2.79 bits per heavy atom. The summed E-state index contributed by atoms with van der Waals surface area (Å²) in [6.45, 7) is -0.103. The van der Waals surface area contributed by atoms with Gasteiger partial charge in [-0.05, 0) is 49.1 Å². The van der Waals surface area contributed by atoms with Gasteiger partial charge in [-0.15, -0.1) is 0 Å². The van der Waals surface area contributed by atoms with E-state index in [2.05, 4.69) is 26.2 Å². The molecule has 0 unspecified atom stereocenters. The van der Waals surface area contributed by atoms with Crippen LogP contribution in [0.5, 0.6) is 0 Å². The first-order valence-corrected chi connectivity index (χ1v) is 10.3. The van der Waals surface area contributed by atoms with Crippen molar-refractivity contribution in [2.75, 3.05) is 0 Å². The van der Waals surface area contributed by atoms with E-state index in [1.54, 1.807) is 6.07 Å². The van der Waals surface area contributed by atoms with Crippen LogP contribution in [0.3, 0.4) is 0 Å². The highest BCUT2D eigenvalue weighted by atomic mass is 79.9. The summed E-state index contributed by atoms with van der Waals surface area (Å²) in [6, 6.07) is 15.4. The topological polar surface area (TPSA) is 77.1 Å². The number of nitrogens with one attached hydrogen (secondary N) is 1.